The van der Waals surface area contributed by atoms with E-state index in [2.05, 4.69) is 179 Å². The molecule has 0 spiro atoms. The van der Waals surface area contributed by atoms with Crippen LogP contribution in [0.4, 0.5) is 0 Å². The molecular weight excluding hydrogens is 805 g/mol. The summed E-state index contributed by atoms with van der Waals surface area (Å²) in [6, 6.07) is 68.9. The van der Waals surface area contributed by atoms with Gasteiger partial charge >= 0.3 is 0 Å². The quantitative estimate of drug-likeness (QED) is 0.161. The molecule has 0 saturated heterocycles. The molecular formula is C60H42N6. The minimum Gasteiger partial charge on any atom is -0.316 e. The Morgan fingerprint density at radius 3 is 1.71 bits per heavy atom. The number of allylic oxidation sites excluding steroid dienone is 4. The standard InChI is InChI=1S/C60H42N6/c1-39-24-29-46(30-25-39)66-52-21-12-11-20-47(52)48-33-35-51-49(57(48)66)36-37-64(51)54-22-13-23-55-56(54)50-38-44(40-14-5-2-6-15-40)28-34-53(50)65(55)45-31-26-43(27-32-45)60-62-58(41-16-7-3-8-17-41)61-59(63-60)42-18-9-4-10-19-42/h2-24,26-39H,25H2,1H3. The first-order valence-corrected chi connectivity index (χ1v) is 22.7. The Hall–Kier alpha value is -8.61. The van der Waals surface area contributed by atoms with Gasteiger partial charge in [0, 0.05) is 61.2 Å². The smallest absolute Gasteiger partial charge is 0.164 e. The molecule has 8 aromatic carbocycles. The van der Waals surface area contributed by atoms with Crippen LogP contribution in [0.1, 0.15) is 13.3 Å². The lowest BCUT2D eigenvalue weighted by Gasteiger charge is -2.16. The van der Waals surface area contributed by atoms with Crippen LogP contribution in [-0.4, -0.2) is 28.7 Å². The third-order valence-electron chi connectivity index (χ3n) is 13.3. The Balaban J connectivity index is 1.00. The molecule has 1 aliphatic carbocycles. The maximum absolute atomic E-state index is 5.02. The van der Waals surface area contributed by atoms with Gasteiger partial charge in [-0.3, -0.25) is 0 Å². The van der Waals surface area contributed by atoms with Gasteiger partial charge in [0.2, 0.25) is 0 Å². The molecule has 0 fully saturated rings. The summed E-state index contributed by atoms with van der Waals surface area (Å²) in [5, 5.41) is 6.13. The minimum atomic E-state index is 0.530. The Morgan fingerprint density at radius 2 is 1.03 bits per heavy atom. The first kappa shape index (κ1) is 37.9. The fourth-order valence-corrected chi connectivity index (χ4v) is 10.1. The van der Waals surface area contributed by atoms with Crippen LogP contribution in [0.5, 0.6) is 0 Å². The molecule has 4 aromatic heterocycles. The summed E-state index contributed by atoms with van der Waals surface area (Å²) in [6.45, 7) is 2.28. The molecule has 1 atom stereocenters. The van der Waals surface area contributed by atoms with E-state index in [4.69, 9.17) is 15.0 Å². The van der Waals surface area contributed by atoms with E-state index >= 15 is 0 Å². The first-order valence-electron chi connectivity index (χ1n) is 22.7. The fraction of sp³-hybridized carbons (Fsp3) is 0.0500. The van der Waals surface area contributed by atoms with Gasteiger partial charge in [0.25, 0.3) is 0 Å². The lowest BCUT2D eigenvalue weighted by atomic mass is 10.0. The average Bonchev–Trinajstić information content (AvgIpc) is 4.08. The van der Waals surface area contributed by atoms with Crippen molar-refractivity contribution < 1.29 is 0 Å². The van der Waals surface area contributed by atoms with E-state index < -0.39 is 0 Å². The second kappa shape index (κ2) is 15.3. The van der Waals surface area contributed by atoms with E-state index in [0.29, 0.717) is 23.4 Å². The molecule has 312 valence electrons. The lowest BCUT2D eigenvalue weighted by Crippen LogP contribution is -2.01. The van der Waals surface area contributed by atoms with E-state index in [1.165, 1.54) is 60.3 Å². The normalized spacial score (nSPS) is 14.0. The molecule has 1 unspecified atom stereocenters. The predicted molar refractivity (Wildman–Crippen MR) is 273 cm³/mol. The van der Waals surface area contributed by atoms with Crippen molar-refractivity contribution in [2.24, 2.45) is 5.92 Å². The Morgan fingerprint density at radius 1 is 0.439 bits per heavy atom. The number of hydrogen-bond acceptors (Lipinski definition) is 3. The number of aromatic nitrogens is 6. The van der Waals surface area contributed by atoms with Gasteiger partial charge in [-0.25, -0.2) is 15.0 Å². The van der Waals surface area contributed by atoms with Gasteiger partial charge in [-0.05, 0) is 96.3 Å². The van der Waals surface area contributed by atoms with Gasteiger partial charge in [0.15, 0.2) is 17.5 Å². The van der Waals surface area contributed by atoms with Gasteiger partial charge in [0.1, 0.15) is 0 Å². The number of nitrogens with zero attached hydrogens (tertiary/aromatic N) is 6. The predicted octanol–water partition coefficient (Wildman–Crippen LogP) is 15.1. The molecule has 12 aromatic rings. The first-order chi connectivity index (χ1) is 32.6. The third kappa shape index (κ3) is 6.14. The second-order valence-electron chi connectivity index (χ2n) is 17.3. The highest BCUT2D eigenvalue weighted by Gasteiger charge is 2.22. The van der Waals surface area contributed by atoms with Crippen LogP contribution >= 0.6 is 0 Å². The molecule has 66 heavy (non-hydrogen) atoms. The summed E-state index contributed by atoms with van der Waals surface area (Å²) in [5.41, 5.74) is 14.5. The number of hydrogen-bond donors (Lipinski definition) is 0. The average molecular weight is 847 g/mol. The van der Waals surface area contributed by atoms with Crippen molar-refractivity contribution >= 4 is 60.2 Å². The van der Waals surface area contributed by atoms with Gasteiger partial charge < -0.3 is 13.7 Å². The van der Waals surface area contributed by atoms with Gasteiger partial charge in [-0.2, -0.15) is 0 Å². The van der Waals surface area contributed by atoms with Crippen molar-refractivity contribution in [3.05, 3.63) is 219 Å². The summed E-state index contributed by atoms with van der Waals surface area (Å²) in [5.74, 6) is 2.45. The molecule has 0 saturated carbocycles. The monoisotopic (exact) mass is 846 g/mol. The summed E-state index contributed by atoms with van der Waals surface area (Å²) >= 11 is 0. The Labute approximate surface area is 381 Å². The summed E-state index contributed by atoms with van der Waals surface area (Å²) in [4.78, 5) is 15.0. The summed E-state index contributed by atoms with van der Waals surface area (Å²) in [7, 11) is 0. The summed E-state index contributed by atoms with van der Waals surface area (Å²) in [6.07, 6.45) is 10.3. The van der Waals surface area contributed by atoms with E-state index in [-0.39, 0.29) is 0 Å². The zero-order chi connectivity index (χ0) is 43.7. The molecule has 0 bridgehead atoms. The van der Waals surface area contributed by atoms with Crippen molar-refractivity contribution in [2.75, 3.05) is 0 Å². The number of rotatable bonds is 7. The molecule has 1 aliphatic rings. The highest BCUT2D eigenvalue weighted by Crippen LogP contribution is 2.42. The lowest BCUT2D eigenvalue weighted by molar-refractivity contribution is 0.735. The van der Waals surface area contributed by atoms with Gasteiger partial charge in [-0.1, -0.05) is 146 Å². The zero-order valence-corrected chi connectivity index (χ0v) is 36.3. The van der Waals surface area contributed by atoms with Crippen LogP contribution in [-0.2, 0) is 0 Å². The molecule has 0 amide bonds. The summed E-state index contributed by atoms with van der Waals surface area (Å²) < 4.78 is 7.27. The highest BCUT2D eigenvalue weighted by molar-refractivity contribution is 6.20. The van der Waals surface area contributed by atoms with Crippen LogP contribution in [0.3, 0.4) is 0 Å². The van der Waals surface area contributed by atoms with Crippen molar-refractivity contribution in [2.45, 2.75) is 13.3 Å². The second-order valence-corrected chi connectivity index (χ2v) is 17.3. The maximum atomic E-state index is 5.02. The van der Waals surface area contributed by atoms with Crippen molar-refractivity contribution in [3.8, 4) is 56.7 Å². The Kier molecular flexibility index (Phi) is 8.78. The molecule has 13 rings (SSSR count). The van der Waals surface area contributed by atoms with E-state index in [0.717, 1.165) is 45.5 Å². The van der Waals surface area contributed by atoms with E-state index in [9.17, 15) is 0 Å². The van der Waals surface area contributed by atoms with Crippen molar-refractivity contribution in [1.29, 1.82) is 0 Å². The minimum absolute atomic E-state index is 0.530. The van der Waals surface area contributed by atoms with Gasteiger partial charge in [-0.15, -0.1) is 0 Å². The highest BCUT2D eigenvalue weighted by atomic mass is 15.0. The van der Waals surface area contributed by atoms with E-state index in [1.807, 2.05) is 60.7 Å². The Bertz CT molecular complexity index is 3830. The van der Waals surface area contributed by atoms with Crippen LogP contribution in [0.15, 0.2) is 219 Å². The van der Waals surface area contributed by atoms with Crippen LogP contribution in [0, 0.1) is 5.92 Å². The number of benzene rings is 8. The molecule has 4 heterocycles. The number of fused-ring (bicyclic) bond motifs is 8. The molecule has 0 N–H and O–H groups in total. The zero-order valence-electron chi connectivity index (χ0n) is 36.3. The SMILES string of the molecule is CC1C=CC(n2c3ccccc3c3ccc4c(ccn4-c4cccc5c4c4cc(-c6ccccc6)ccc4n5-c4ccc(-c5nc(-c6ccccc6)nc(-c6ccccc6)n5)cc4)c32)=CC1. The number of para-hydroxylation sites is 1. The molecule has 0 radical (unpaired) electrons. The third-order valence-corrected chi connectivity index (χ3v) is 13.3. The van der Waals surface area contributed by atoms with Crippen molar-refractivity contribution in [1.82, 2.24) is 28.7 Å². The fourth-order valence-electron chi connectivity index (χ4n) is 10.1. The topological polar surface area (TPSA) is 53.5 Å². The van der Waals surface area contributed by atoms with Gasteiger partial charge in [0.05, 0.1) is 33.3 Å². The molecule has 6 heteroatoms. The van der Waals surface area contributed by atoms with Crippen molar-refractivity contribution in [3.63, 3.8) is 0 Å². The largest absolute Gasteiger partial charge is 0.316 e. The molecule has 0 aliphatic heterocycles. The molecule has 6 nitrogen and oxygen atoms in total. The van der Waals surface area contributed by atoms with Crippen LogP contribution in [0.25, 0.3) is 117 Å². The van der Waals surface area contributed by atoms with E-state index in [1.54, 1.807) is 0 Å². The van der Waals surface area contributed by atoms with Crippen LogP contribution < -0.4 is 0 Å². The van der Waals surface area contributed by atoms with Crippen LogP contribution in [0.2, 0.25) is 0 Å². The maximum Gasteiger partial charge on any atom is 0.164 e.